The van der Waals surface area contributed by atoms with Gasteiger partial charge in [0, 0.05) is 12.1 Å². The molecule has 16 heavy (non-hydrogen) atoms. The van der Waals surface area contributed by atoms with E-state index >= 15 is 0 Å². The van der Waals surface area contributed by atoms with Gasteiger partial charge in [0.25, 0.3) is 0 Å². The molecule has 0 heterocycles. The summed E-state index contributed by atoms with van der Waals surface area (Å²) in [6.07, 6.45) is 5.16. The highest BCUT2D eigenvalue weighted by Gasteiger charge is 2.08. The second-order valence-corrected chi connectivity index (χ2v) is 2.97. The summed E-state index contributed by atoms with van der Waals surface area (Å²) in [5.41, 5.74) is 1.03. The number of hydrogen-bond acceptors (Lipinski definition) is 3. The fraction of sp³-hybridized carbons (Fsp3) is 0.333. The van der Waals surface area contributed by atoms with E-state index in [4.69, 9.17) is 15.9 Å². The summed E-state index contributed by atoms with van der Waals surface area (Å²) in [7, 11) is 3.49. The number of methoxy groups -OCH3 is 1. The summed E-state index contributed by atoms with van der Waals surface area (Å²) in [5, 5.41) is 3.06. The molecule has 0 radical (unpaired) electrons. The Morgan fingerprint density at radius 3 is 2.75 bits per heavy atom. The van der Waals surface area contributed by atoms with Crippen molar-refractivity contribution in [2.24, 2.45) is 0 Å². The predicted octanol–water partition coefficient (Wildman–Crippen LogP) is 1.85. The fourth-order valence-electron chi connectivity index (χ4n) is 1.33. The van der Waals surface area contributed by atoms with Crippen LogP contribution < -0.4 is 14.8 Å². The summed E-state index contributed by atoms with van der Waals surface area (Å²) in [5.74, 6) is 3.86. The van der Waals surface area contributed by atoms with Crippen molar-refractivity contribution in [2.45, 2.75) is 6.54 Å². The van der Waals surface area contributed by atoms with Gasteiger partial charge in [0.2, 0.25) is 0 Å². The molecule has 0 saturated heterocycles. The maximum absolute atomic E-state index is 5.46. The van der Waals surface area contributed by atoms with Gasteiger partial charge in [-0.3, -0.25) is 0 Å². The third-order valence-electron chi connectivity index (χ3n) is 1.95. The molecule has 0 aliphatic heterocycles. The first-order valence-corrected chi connectivity index (χ1v) is 4.70. The van der Waals surface area contributed by atoms with Gasteiger partial charge < -0.3 is 14.8 Å². The van der Waals surface area contributed by atoms with Crippen LogP contribution >= 0.6 is 12.4 Å². The summed E-state index contributed by atoms with van der Waals surface area (Å²) in [6.45, 7) is 0.966. The van der Waals surface area contributed by atoms with Crippen molar-refractivity contribution < 1.29 is 9.47 Å². The SMILES string of the molecule is C#CCOc1c(CNC)cccc1OC.Cl. The molecule has 1 rings (SSSR count). The zero-order valence-corrected chi connectivity index (χ0v) is 10.3. The summed E-state index contributed by atoms with van der Waals surface area (Å²) in [4.78, 5) is 0. The Morgan fingerprint density at radius 2 is 2.19 bits per heavy atom. The number of terminal acetylenes is 1. The molecule has 4 heteroatoms. The lowest BCUT2D eigenvalue weighted by atomic mass is 10.2. The van der Waals surface area contributed by atoms with Crippen molar-refractivity contribution in [2.75, 3.05) is 20.8 Å². The van der Waals surface area contributed by atoms with Gasteiger partial charge in [0.05, 0.1) is 7.11 Å². The van der Waals surface area contributed by atoms with Crippen LogP contribution in [0.25, 0.3) is 0 Å². The molecule has 0 amide bonds. The normalized spacial score (nSPS) is 8.81. The van der Waals surface area contributed by atoms with E-state index in [-0.39, 0.29) is 19.0 Å². The van der Waals surface area contributed by atoms with E-state index in [1.165, 1.54) is 0 Å². The Morgan fingerprint density at radius 1 is 1.44 bits per heavy atom. The molecule has 0 aliphatic rings. The van der Waals surface area contributed by atoms with E-state index in [9.17, 15) is 0 Å². The average Bonchev–Trinajstić information content (AvgIpc) is 2.27. The van der Waals surface area contributed by atoms with Crippen LogP contribution in [0.2, 0.25) is 0 Å². The van der Waals surface area contributed by atoms with E-state index in [1.54, 1.807) is 7.11 Å². The summed E-state index contributed by atoms with van der Waals surface area (Å²) >= 11 is 0. The molecule has 1 aromatic carbocycles. The lowest BCUT2D eigenvalue weighted by Gasteiger charge is -2.13. The van der Waals surface area contributed by atoms with E-state index < -0.39 is 0 Å². The first kappa shape index (κ1) is 14.6. The second kappa shape index (κ2) is 7.86. The van der Waals surface area contributed by atoms with Gasteiger partial charge in [-0.25, -0.2) is 0 Å². The fourth-order valence-corrected chi connectivity index (χ4v) is 1.33. The lowest BCUT2D eigenvalue weighted by molar-refractivity contribution is 0.327. The van der Waals surface area contributed by atoms with E-state index in [2.05, 4.69) is 11.2 Å². The minimum Gasteiger partial charge on any atom is -0.493 e. The van der Waals surface area contributed by atoms with Gasteiger partial charge >= 0.3 is 0 Å². The predicted molar refractivity (Wildman–Crippen MR) is 67.3 cm³/mol. The van der Waals surface area contributed by atoms with Crippen molar-refractivity contribution in [3.63, 3.8) is 0 Å². The third kappa shape index (κ3) is 3.65. The van der Waals surface area contributed by atoms with Crippen molar-refractivity contribution in [1.82, 2.24) is 5.32 Å². The Bertz CT molecular complexity index is 361. The van der Waals surface area contributed by atoms with Gasteiger partial charge in [-0.1, -0.05) is 18.1 Å². The van der Waals surface area contributed by atoms with Crippen molar-refractivity contribution in [3.8, 4) is 23.8 Å². The number of benzene rings is 1. The minimum atomic E-state index is 0. The second-order valence-electron chi connectivity index (χ2n) is 2.97. The zero-order valence-electron chi connectivity index (χ0n) is 9.45. The molecule has 0 bridgehead atoms. The average molecular weight is 242 g/mol. The first-order valence-electron chi connectivity index (χ1n) is 4.70. The number of para-hydroxylation sites is 1. The molecule has 1 aromatic rings. The molecule has 3 nitrogen and oxygen atoms in total. The molecule has 0 spiro atoms. The molecule has 0 unspecified atom stereocenters. The maximum Gasteiger partial charge on any atom is 0.167 e. The highest BCUT2D eigenvalue weighted by atomic mass is 35.5. The quantitative estimate of drug-likeness (QED) is 0.799. The zero-order chi connectivity index (χ0) is 11.1. The molecule has 1 N–H and O–H groups in total. The molecule has 88 valence electrons. The molecule has 0 atom stereocenters. The highest BCUT2D eigenvalue weighted by molar-refractivity contribution is 5.85. The summed E-state index contributed by atoms with van der Waals surface area (Å²) < 4.78 is 10.7. The van der Waals surface area contributed by atoms with Crippen LogP contribution in [-0.4, -0.2) is 20.8 Å². The Hall–Kier alpha value is -1.37. The van der Waals surface area contributed by atoms with E-state index in [0.29, 0.717) is 11.5 Å². The van der Waals surface area contributed by atoms with Gasteiger partial charge in [-0.15, -0.1) is 18.8 Å². The summed E-state index contributed by atoms with van der Waals surface area (Å²) in [6, 6.07) is 5.75. The van der Waals surface area contributed by atoms with E-state index in [1.807, 2.05) is 25.2 Å². The Kier molecular flexibility index (Phi) is 7.19. The molecule has 0 aliphatic carbocycles. The van der Waals surface area contributed by atoms with Crippen LogP contribution in [0.15, 0.2) is 18.2 Å². The van der Waals surface area contributed by atoms with Crippen LogP contribution in [0.1, 0.15) is 5.56 Å². The van der Waals surface area contributed by atoms with Gasteiger partial charge in [-0.05, 0) is 13.1 Å². The molecule has 0 fully saturated rings. The van der Waals surface area contributed by atoms with Crippen LogP contribution in [0.3, 0.4) is 0 Å². The van der Waals surface area contributed by atoms with Crippen molar-refractivity contribution >= 4 is 12.4 Å². The number of ether oxygens (including phenoxy) is 2. The first-order chi connectivity index (χ1) is 7.33. The minimum absolute atomic E-state index is 0. The van der Waals surface area contributed by atoms with Gasteiger partial charge in [0.1, 0.15) is 6.61 Å². The van der Waals surface area contributed by atoms with Crippen molar-refractivity contribution in [1.29, 1.82) is 0 Å². The molecule has 0 aromatic heterocycles. The molecular weight excluding hydrogens is 226 g/mol. The third-order valence-corrected chi connectivity index (χ3v) is 1.95. The number of rotatable bonds is 5. The monoisotopic (exact) mass is 241 g/mol. The van der Waals surface area contributed by atoms with Crippen LogP contribution in [0.5, 0.6) is 11.5 Å². The smallest absolute Gasteiger partial charge is 0.167 e. The van der Waals surface area contributed by atoms with Crippen LogP contribution in [0.4, 0.5) is 0 Å². The maximum atomic E-state index is 5.46. The Balaban J connectivity index is 0.00000225. The van der Waals surface area contributed by atoms with Crippen LogP contribution in [0, 0.1) is 12.3 Å². The number of hydrogen-bond donors (Lipinski definition) is 1. The highest BCUT2D eigenvalue weighted by Crippen LogP contribution is 2.30. The standard InChI is InChI=1S/C12H15NO2.ClH/c1-4-8-15-12-10(9-13-2)6-5-7-11(12)14-3;/h1,5-7,13H,8-9H2,2-3H3;1H. The Labute approximate surface area is 103 Å². The van der Waals surface area contributed by atoms with Crippen LogP contribution in [-0.2, 0) is 6.54 Å². The van der Waals surface area contributed by atoms with Gasteiger partial charge in [0.15, 0.2) is 11.5 Å². The van der Waals surface area contributed by atoms with E-state index in [0.717, 1.165) is 12.1 Å². The largest absolute Gasteiger partial charge is 0.493 e. The van der Waals surface area contributed by atoms with Gasteiger partial charge in [-0.2, -0.15) is 0 Å². The topological polar surface area (TPSA) is 30.5 Å². The lowest BCUT2D eigenvalue weighted by Crippen LogP contribution is -2.08. The number of nitrogens with one attached hydrogen (secondary N) is 1. The van der Waals surface area contributed by atoms with Crippen molar-refractivity contribution in [3.05, 3.63) is 23.8 Å². The number of halogens is 1. The molecule has 0 saturated carbocycles. The molecular formula is C12H16ClNO2.